The van der Waals surface area contributed by atoms with Crippen LogP contribution in [0.15, 0.2) is 0 Å². The summed E-state index contributed by atoms with van der Waals surface area (Å²) in [5.41, 5.74) is 8.35. The van der Waals surface area contributed by atoms with Gasteiger partial charge in [-0.15, -0.1) is 0 Å². The normalized spacial score (nSPS) is 38.6. The highest BCUT2D eigenvalue weighted by molar-refractivity contribution is 5.23. The number of nitrogens with one attached hydrogen (secondary N) is 1. The molecule has 0 saturated heterocycles. The van der Waals surface area contributed by atoms with Crippen LogP contribution in [0.2, 0.25) is 0 Å². The van der Waals surface area contributed by atoms with Gasteiger partial charge in [-0.2, -0.15) is 0 Å². The summed E-state index contributed by atoms with van der Waals surface area (Å²) in [5.74, 6) is 5.86. The summed E-state index contributed by atoms with van der Waals surface area (Å²) in [7, 11) is 0. The van der Waals surface area contributed by atoms with E-state index < -0.39 is 0 Å². The smallest absolute Gasteiger partial charge is 0.106 e. The van der Waals surface area contributed by atoms with Crippen LogP contribution in [0, 0.1) is 30.6 Å². The Hall–Kier alpha value is -0.830. The van der Waals surface area contributed by atoms with Gasteiger partial charge in [0.2, 0.25) is 0 Å². The molecule has 0 amide bonds. The van der Waals surface area contributed by atoms with Gasteiger partial charge < -0.3 is 10.7 Å². The molecule has 4 aliphatic carbocycles. The van der Waals surface area contributed by atoms with Crippen molar-refractivity contribution in [2.24, 2.45) is 29.4 Å². The highest BCUT2D eigenvalue weighted by atomic mass is 14.9. The van der Waals surface area contributed by atoms with E-state index in [0.717, 1.165) is 54.8 Å². The Morgan fingerprint density at radius 2 is 1.75 bits per heavy atom. The van der Waals surface area contributed by atoms with Crippen LogP contribution in [0.4, 0.5) is 0 Å². The molecular weight excluding hydrogens is 246 g/mol. The van der Waals surface area contributed by atoms with E-state index in [-0.39, 0.29) is 0 Å². The van der Waals surface area contributed by atoms with E-state index in [4.69, 9.17) is 10.7 Å². The van der Waals surface area contributed by atoms with E-state index in [2.05, 4.69) is 11.9 Å². The second-order valence-corrected chi connectivity index (χ2v) is 7.54. The van der Waals surface area contributed by atoms with Crippen LogP contribution in [-0.2, 0) is 6.42 Å². The van der Waals surface area contributed by atoms with E-state index >= 15 is 0 Å². The van der Waals surface area contributed by atoms with Gasteiger partial charge in [-0.1, -0.05) is 0 Å². The van der Waals surface area contributed by atoms with Crippen molar-refractivity contribution in [1.29, 1.82) is 0 Å². The average molecular weight is 273 g/mol. The second kappa shape index (κ2) is 4.87. The zero-order valence-electron chi connectivity index (χ0n) is 12.6. The topological polar surface area (TPSA) is 54.7 Å². The van der Waals surface area contributed by atoms with Crippen LogP contribution < -0.4 is 5.73 Å². The van der Waals surface area contributed by atoms with Gasteiger partial charge in [-0.3, -0.25) is 0 Å². The molecule has 1 aromatic heterocycles. The highest BCUT2D eigenvalue weighted by Gasteiger charge is 2.49. The standard InChI is InChI=1S/C17H27N3/c1-10-17(20-15(19-10)3-2-4-18)16-13-6-11-5-12(8-13)9-14(16)7-11/h11-14,16H,2-9,18H2,1H3,(H,19,20). The Bertz CT molecular complexity index is 462. The van der Waals surface area contributed by atoms with Gasteiger partial charge in [0.15, 0.2) is 0 Å². The summed E-state index contributed by atoms with van der Waals surface area (Å²) in [6, 6.07) is 0. The van der Waals surface area contributed by atoms with Crippen LogP contribution in [0.1, 0.15) is 61.7 Å². The number of rotatable bonds is 4. The summed E-state index contributed by atoms with van der Waals surface area (Å²) in [4.78, 5) is 8.50. The van der Waals surface area contributed by atoms with Crippen molar-refractivity contribution < 1.29 is 0 Å². The van der Waals surface area contributed by atoms with Crippen molar-refractivity contribution in [2.45, 2.75) is 57.8 Å². The number of aryl methyl sites for hydroxylation is 2. The molecule has 3 nitrogen and oxygen atoms in total. The van der Waals surface area contributed by atoms with Crippen molar-refractivity contribution in [3.8, 4) is 0 Å². The van der Waals surface area contributed by atoms with Gasteiger partial charge in [-0.05, 0) is 75.7 Å². The number of nitrogens with zero attached hydrogens (tertiary/aromatic N) is 1. The van der Waals surface area contributed by atoms with E-state index in [1.807, 2.05) is 0 Å². The third kappa shape index (κ3) is 2.02. The Kier molecular flexibility index (Phi) is 3.13. The minimum atomic E-state index is 0.755. The molecule has 0 unspecified atom stereocenters. The van der Waals surface area contributed by atoms with Gasteiger partial charge >= 0.3 is 0 Å². The molecule has 110 valence electrons. The van der Waals surface area contributed by atoms with Gasteiger partial charge in [-0.25, -0.2) is 4.98 Å². The quantitative estimate of drug-likeness (QED) is 0.885. The lowest BCUT2D eigenvalue weighted by Gasteiger charge is -2.54. The molecule has 20 heavy (non-hydrogen) atoms. The number of aromatic nitrogens is 2. The first kappa shape index (κ1) is 12.9. The molecule has 0 atom stereocenters. The van der Waals surface area contributed by atoms with Crippen LogP contribution in [0.5, 0.6) is 0 Å². The van der Waals surface area contributed by atoms with Gasteiger partial charge in [0.25, 0.3) is 0 Å². The van der Waals surface area contributed by atoms with Crippen molar-refractivity contribution in [3.63, 3.8) is 0 Å². The maximum atomic E-state index is 5.62. The van der Waals surface area contributed by atoms with Crippen molar-refractivity contribution >= 4 is 0 Å². The first-order chi connectivity index (χ1) is 9.74. The number of nitrogens with two attached hydrogens (primary N) is 1. The summed E-state index contributed by atoms with van der Waals surface area (Å²) in [5, 5.41) is 0. The predicted molar refractivity (Wildman–Crippen MR) is 80.5 cm³/mol. The number of hydrogen-bond acceptors (Lipinski definition) is 2. The van der Waals surface area contributed by atoms with E-state index in [0.29, 0.717) is 0 Å². The third-order valence-electron chi connectivity index (χ3n) is 6.13. The van der Waals surface area contributed by atoms with E-state index in [1.165, 1.54) is 43.5 Å². The molecule has 3 N–H and O–H groups in total. The molecule has 4 bridgehead atoms. The SMILES string of the molecule is Cc1[nH]c(CCCN)nc1C1C2CC3CC(C2)CC1C3. The lowest BCUT2D eigenvalue weighted by molar-refractivity contribution is -0.00426. The highest BCUT2D eigenvalue weighted by Crippen LogP contribution is 2.59. The minimum Gasteiger partial charge on any atom is -0.346 e. The molecule has 4 fully saturated rings. The van der Waals surface area contributed by atoms with Crippen molar-refractivity contribution in [3.05, 3.63) is 17.2 Å². The molecule has 4 saturated carbocycles. The molecule has 1 heterocycles. The molecule has 0 radical (unpaired) electrons. The van der Waals surface area contributed by atoms with E-state index in [9.17, 15) is 0 Å². The fourth-order valence-corrected chi connectivity index (χ4v) is 5.62. The molecule has 0 spiro atoms. The first-order valence-electron chi connectivity index (χ1n) is 8.50. The first-order valence-corrected chi connectivity index (χ1v) is 8.50. The van der Waals surface area contributed by atoms with Crippen LogP contribution in [-0.4, -0.2) is 16.5 Å². The number of H-pyrrole nitrogens is 1. The van der Waals surface area contributed by atoms with Gasteiger partial charge in [0.05, 0.1) is 5.69 Å². The molecule has 4 aliphatic rings. The minimum absolute atomic E-state index is 0.755. The molecule has 5 rings (SSSR count). The Morgan fingerprint density at radius 1 is 1.10 bits per heavy atom. The van der Waals surface area contributed by atoms with Gasteiger partial charge in [0, 0.05) is 18.0 Å². The summed E-state index contributed by atoms with van der Waals surface area (Å²) >= 11 is 0. The number of hydrogen-bond donors (Lipinski definition) is 2. The third-order valence-corrected chi connectivity index (χ3v) is 6.13. The fourth-order valence-electron chi connectivity index (χ4n) is 5.62. The zero-order valence-corrected chi connectivity index (χ0v) is 12.6. The predicted octanol–water partition coefficient (Wildman–Crippen LogP) is 3.15. The monoisotopic (exact) mass is 273 g/mol. The molecule has 3 heteroatoms. The Labute approximate surface area is 121 Å². The van der Waals surface area contributed by atoms with Crippen LogP contribution >= 0.6 is 0 Å². The lowest BCUT2D eigenvalue weighted by atomic mass is 9.51. The Balaban J connectivity index is 1.59. The molecule has 0 aromatic carbocycles. The summed E-state index contributed by atoms with van der Waals surface area (Å²) in [6.45, 7) is 2.98. The molecular formula is C17H27N3. The summed E-state index contributed by atoms with van der Waals surface area (Å²) < 4.78 is 0. The second-order valence-electron chi connectivity index (χ2n) is 7.54. The Morgan fingerprint density at radius 3 is 2.35 bits per heavy atom. The maximum Gasteiger partial charge on any atom is 0.106 e. The van der Waals surface area contributed by atoms with Crippen LogP contribution in [0.25, 0.3) is 0 Å². The van der Waals surface area contributed by atoms with E-state index in [1.54, 1.807) is 0 Å². The van der Waals surface area contributed by atoms with Crippen molar-refractivity contribution in [2.75, 3.05) is 6.54 Å². The number of aromatic amines is 1. The average Bonchev–Trinajstić information content (AvgIpc) is 2.76. The largest absolute Gasteiger partial charge is 0.346 e. The molecule has 0 aliphatic heterocycles. The molecule has 1 aromatic rings. The van der Waals surface area contributed by atoms with Gasteiger partial charge in [0.1, 0.15) is 5.82 Å². The maximum absolute atomic E-state index is 5.62. The fraction of sp³-hybridized carbons (Fsp3) is 0.824. The van der Waals surface area contributed by atoms with Crippen molar-refractivity contribution in [1.82, 2.24) is 9.97 Å². The summed E-state index contributed by atoms with van der Waals surface area (Å²) in [6.07, 6.45) is 9.47. The lowest BCUT2D eigenvalue weighted by Crippen LogP contribution is -2.44. The number of imidazole rings is 1. The zero-order chi connectivity index (χ0) is 13.7. The van der Waals surface area contributed by atoms with Crippen LogP contribution in [0.3, 0.4) is 0 Å².